The largest absolute Gasteiger partial charge is 0.378 e. The molecule has 3 rings (SSSR count). The van der Waals surface area contributed by atoms with Crippen molar-refractivity contribution in [2.75, 3.05) is 43.1 Å². The zero-order valence-electron chi connectivity index (χ0n) is 14.2. The Labute approximate surface area is 142 Å². The molecular weight excluding hydrogens is 308 g/mol. The second-order valence-corrected chi connectivity index (χ2v) is 6.53. The molecule has 1 unspecified atom stereocenters. The van der Waals surface area contributed by atoms with Gasteiger partial charge in [0.1, 0.15) is 5.82 Å². The minimum Gasteiger partial charge on any atom is -0.378 e. The van der Waals surface area contributed by atoms with Crippen LogP contribution in [0.25, 0.3) is 0 Å². The van der Waals surface area contributed by atoms with E-state index in [1.807, 2.05) is 19.9 Å². The Morgan fingerprint density at radius 1 is 1.33 bits per heavy atom. The molecule has 0 bridgehead atoms. The minimum absolute atomic E-state index is 0.0424. The molecule has 2 saturated heterocycles. The number of carbonyl (C=O) groups is 2. The molecule has 0 saturated carbocycles. The summed E-state index contributed by atoms with van der Waals surface area (Å²) in [5.74, 6) is 0.118. The highest BCUT2D eigenvalue weighted by atomic mass is 16.5. The van der Waals surface area contributed by atoms with Crippen LogP contribution in [0.4, 0.5) is 11.5 Å². The van der Waals surface area contributed by atoms with Crippen LogP contribution in [0.1, 0.15) is 20.3 Å². The third-order valence-electron chi connectivity index (χ3n) is 4.53. The number of anilines is 2. The summed E-state index contributed by atoms with van der Waals surface area (Å²) < 4.78 is 5.34. The van der Waals surface area contributed by atoms with E-state index in [0.29, 0.717) is 12.4 Å². The van der Waals surface area contributed by atoms with Crippen LogP contribution in [0.2, 0.25) is 0 Å². The normalized spacial score (nSPS) is 21.5. The topological polar surface area (TPSA) is 74.8 Å². The number of nitrogens with one attached hydrogen (secondary N) is 1. The molecule has 0 aliphatic carbocycles. The Kier molecular flexibility index (Phi) is 4.99. The van der Waals surface area contributed by atoms with Crippen LogP contribution in [-0.4, -0.2) is 60.6 Å². The summed E-state index contributed by atoms with van der Waals surface area (Å²) in [7, 11) is 0. The Morgan fingerprint density at radius 3 is 2.67 bits per heavy atom. The summed E-state index contributed by atoms with van der Waals surface area (Å²) in [6.45, 7) is 7.55. The number of nitrogens with zero attached hydrogens (tertiary/aromatic N) is 3. The van der Waals surface area contributed by atoms with Crippen molar-refractivity contribution in [2.45, 2.75) is 26.3 Å². The first-order chi connectivity index (χ1) is 11.5. The summed E-state index contributed by atoms with van der Waals surface area (Å²) in [6.07, 6.45) is 2.04. The highest BCUT2D eigenvalue weighted by Crippen LogP contribution is 2.22. The van der Waals surface area contributed by atoms with Gasteiger partial charge in [0.25, 0.3) is 0 Å². The summed E-state index contributed by atoms with van der Waals surface area (Å²) in [5, 5.41) is 2.82. The van der Waals surface area contributed by atoms with E-state index in [0.717, 1.165) is 32.0 Å². The van der Waals surface area contributed by atoms with Gasteiger partial charge in [-0.3, -0.25) is 9.59 Å². The van der Waals surface area contributed by atoms with E-state index < -0.39 is 0 Å². The lowest BCUT2D eigenvalue weighted by molar-refractivity contribution is -0.129. The molecule has 1 aromatic heterocycles. The van der Waals surface area contributed by atoms with E-state index >= 15 is 0 Å². The molecule has 2 aliphatic heterocycles. The molecule has 2 fully saturated rings. The van der Waals surface area contributed by atoms with Crippen molar-refractivity contribution < 1.29 is 14.3 Å². The van der Waals surface area contributed by atoms with E-state index in [-0.39, 0.29) is 30.2 Å². The molecule has 2 aliphatic rings. The molecule has 1 N–H and O–H groups in total. The first-order valence-corrected chi connectivity index (χ1v) is 8.43. The predicted octanol–water partition coefficient (Wildman–Crippen LogP) is 1.11. The molecule has 130 valence electrons. The SMILES string of the molecule is CC(C)N1CC(C(=O)Nc2ccc(N3CCOCC3)cn2)CC1=O. The Morgan fingerprint density at radius 2 is 2.08 bits per heavy atom. The molecule has 7 heteroatoms. The van der Waals surface area contributed by atoms with Crippen molar-refractivity contribution in [3.63, 3.8) is 0 Å². The van der Waals surface area contributed by atoms with Gasteiger partial charge < -0.3 is 19.9 Å². The van der Waals surface area contributed by atoms with Crippen LogP contribution in [0.3, 0.4) is 0 Å². The fourth-order valence-corrected chi connectivity index (χ4v) is 3.10. The maximum Gasteiger partial charge on any atom is 0.230 e. The van der Waals surface area contributed by atoms with E-state index in [2.05, 4.69) is 15.2 Å². The summed E-state index contributed by atoms with van der Waals surface area (Å²) in [6, 6.07) is 3.88. The zero-order valence-corrected chi connectivity index (χ0v) is 14.2. The van der Waals surface area contributed by atoms with Gasteiger partial charge in [-0.05, 0) is 26.0 Å². The van der Waals surface area contributed by atoms with Gasteiger partial charge in [-0.2, -0.15) is 0 Å². The number of pyridine rings is 1. The van der Waals surface area contributed by atoms with Crippen molar-refractivity contribution in [3.05, 3.63) is 18.3 Å². The Balaban J connectivity index is 1.58. The average molecular weight is 332 g/mol. The third-order valence-corrected chi connectivity index (χ3v) is 4.53. The maximum atomic E-state index is 12.4. The van der Waals surface area contributed by atoms with E-state index in [1.54, 1.807) is 17.2 Å². The molecule has 1 atom stereocenters. The molecule has 7 nitrogen and oxygen atoms in total. The van der Waals surface area contributed by atoms with Gasteiger partial charge in [-0.25, -0.2) is 4.98 Å². The van der Waals surface area contributed by atoms with Crippen LogP contribution in [0.15, 0.2) is 18.3 Å². The van der Waals surface area contributed by atoms with Gasteiger partial charge in [0.05, 0.1) is 31.0 Å². The fourth-order valence-electron chi connectivity index (χ4n) is 3.10. The number of likely N-dealkylation sites (tertiary alicyclic amines) is 1. The van der Waals surface area contributed by atoms with Gasteiger partial charge in [0, 0.05) is 32.1 Å². The molecular formula is C17H24N4O3. The van der Waals surface area contributed by atoms with Gasteiger partial charge in [0.15, 0.2) is 0 Å². The number of rotatable bonds is 4. The summed E-state index contributed by atoms with van der Waals surface area (Å²) >= 11 is 0. The quantitative estimate of drug-likeness (QED) is 0.894. The van der Waals surface area contributed by atoms with Gasteiger partial charge in [0.2, 0.25) is 11.8 Å². The number of amides is 2. The lowest BCUT2D eigenvalue weighted by atomic mass is 10.1. The molecule has 2 amide bonds. The predicted molar refractivity (Wildman–Crippen MR) is 90.9 cm³/mol. The molecule has 1 aromatic rings. The molecule has 3 heterocycles. The van der Waals surface area contributed by atoms with Gasteiger partial charge in [-0.15, -0.1) is 0 Å². The highest BCUT2D eigenvalue weighted by molar-refractivity contribution is 5.96. The average Bonchev–Trinajstić information content (AvgIpc) is 2.99. The van der Waals surface area contributed by atoms with Gasteiger partial charge in [-0.1, -0.05) is 0 Å². The molecule has 0 aromatic carbocycles. The second kappa shape index (κ2) is 7.17. The number of morpholine rings is 1. The van der Waals surface area contributed by atoms with Crippen molar-refractivity contribution in [2.24, 2.45) is 5.92 Å². The number of aromatic nitrogens is 1. The smallest absolute Gasteiger partial charge is 0.230 e. The van der Waals surface area contributed by atoms with Crippen molar-refractivity contribution >= 4 is 23.3 Å². The lowest BCUT2D eigenvalue weighted by Gasteiger charge is -2.28. The number of ether oxygens (including phenoxy) is 1. The Hall–Kier alpha value is -2.15. The lowest BCUT2D eigenvalue weighted by Crippen LogP contribution is -2.36. The summed E-state index contributed by atoms with van der Waals surface area (Å²) in [4.78, 5) is 32.6. The Bertz CT molecular complexity index is 596. The van der Waals surface area contributed by atoms with E-state index in [1.165, 1.54) is 0 Å². The third kappa shape index (κ3) is 3.67. The zero-order chi connectivity index (χ0) is 17.1. The van der Waals surface area contributed by atoms with Crippen molar-refractivity contribution in [3.8, 4) is 0 Å². The van der Waals surface area contributed by atoms with Crippen LogP contribution < -0.4 is 10.2 Å². The summed E-state index contributed by atoms with van der Waals surface area (Å²) in [5.41, 5.74) is 1.03. The van der Waals surface area contributed by atoms with Crippen LogP contribution in [0.5, 0.6) is 0 Å². The van der Waals surface area contributed by atoms with E-state index in [9.17, 15) is 9.59 Å². The first kappa shape index (κ1) is 16.7. The second-order valence-electron chi connectivity index (χ2n) is 6.53. The molecule has 24 heavy (non-hydrogen) atoms. The number of hydrogen-bond acceptors (Lipinski definition) is 5. The highest BCUT2D eigenvalue weighted by Gasteiger charge is 2.35. The monoisotopic (exact) mass is 332 g/mol. The minimum atomic E-state index is -0.305. The van der Waals surface area contributed by atoms with Crippen LogP contribution in [0, 0.1) is 5.92 Å². The van der Waals surface area contributed by atoms with Crippen molar-refractivity contribution in [1.82, 2.24) is 9.88 Å². The fraction of sp³-hybridized carbons (Fsp3) is 0.588. The maximum absolute atomic E-state index is 12.4. The standard InChI is InChI=1S/C17H24N4O3/c1-12(2)21-11-13(9-16(21)22)17(23)19-15-4-3-14(10-18-15)20-5-7-24-8-6-20/h3-4,10,12-13H,5-9,11H2,1-2H3,(H,18,19,23). The first-order valence-electron chi connectivity index (χ1n) is 8.43. The number of carbonyl (C=O) groups excluding carboxylic acids is 2. The van der Waals surface area contributed by atoms with Crippen LogP contribution >= 0.6 is 0 Å². The number of hydrogen-bond donors (Lipinski definition) is 1. The van der Waals surface area contributed by atoms with Crippen molar-refractivity contribution in [1.29, 1.82) is 0 Å². The molecule has 0 radical (unpaired) electrons. The van der Waals surface area contributed by atoms with E-state index in [4.69, 9.17) is 4.74 Å². The van der Waals surface area contributed by atoms with Gasteiger partial charge >= 0.3 is 0 Å². The van der Waals surface area contributed by atoms with Crippen LogP contribution in [-0.2, 0) is 14.3 Å². The molecule has 0 spiro atoms.